The number of fused-ring (bicyclic) bond motifs is 1. The molecule has 10 heteroatoms. The third kappa shape index (κ3) is 5.02. The average molecular weight is 572 g/mol. The quantitative estimate of drug-likeness (QED) is 0.341. The van der Waals surface area contributed by atoms with Crippen LogP contribution in [0.3, 0.4) is 0 Å². The largest absolute Gasteiger partial charge is 0.496 e. The molecule has 0 aliphatic carbocycles. The summed E-state index contributed by atoms with van der Waals surface area (Å²) in [6.45, 7) is 6.64. The maximum atomic E-state index is 14.0. The molecule has 9 nitrogen and oxygen atoms in total. The SMILES string of the molecule is CCN(CC)C(=O)C1=C(C)N=c2s/c(=C/c3ccc(-c4ccccc4C(=O)O)o3)c(=O)n2[C@@H]1c1ccccc1OC. The van der Waals surface area contributed by atoms with Crippen molar-refractivity contribution in [1.29, 1.82) is 0 Å². The zero-order valence-corrected chi connectivity index (χ0v) is 23.9. The number of ether oxygens (including phenoxy) is 1. The number of allylic oxidation sites excluding steroid dienone is 1. The van der Waals surface area contributed by atoms with Crippen molar-refractivity contribution in [2.24, 2.45) is 4.99 Å². The topological polar surface area (TPSA) is 114 Å². The fourth-order valence-corrected chi connectivity index (χ4v) is 6.08. The first-order chi connectivity index (χ1) is 19.8. The molecular formula is C31H29N3O6S. The summed E-state index contributed by atoms with van der Waals surface area (Å²) in [4.78, 5) is 46.3. The van der Waals surface area contributed by atoms with E-state index < -0.39 is 12.0 Å². The number of hydrogen-bond donors (Lipinski definition) is 1. The lowest BCUT2D eigenvalue weighted by Gasteiger charge is -2.29. The summed E-state index contributed by atoms with van der Waals surface area (Å²) in [5.74, 6) is 0.0635. The van der Waals surface area contributed by atoms with Crippen LogP contribution in [0.5, 0.6) is 5.75 Å². The van der Waals surface area contributed by atoms with Gasteiger partial charge in [0.25, 0.3) is 11.5 Å². The van der Waals surface area contributed by atoms with Crippen molar-refractivity contribution < 1.29 is 23.8 Å². The zero-order valence-electron chi connectivity index (χ0n) is 23.1. The number of para-hydroxylation sites is 1. The number of aromatic nitrogens is 1. The van der Waals surface area contributed by atoms with E-state index in [0.29, 0.717) is 62.1 Å². The van der Waals surface area contributed by atoms with Crippen LogP contribution in [0.4, 0.5) is 0 Å². The second-order valence-electron chi connectivity index (χ2n) is 9.35. The number of likely N-dealkylation sites (N-methyl/N-ethyl adjacent to an activating group) is 1. The van der Waals surface area contributed by atoms with Crippen LogP contribution in [0.25, 0.3) is 17.4 Å². The van der Waals surface area contributed by atoms with E-state index in [1.165, 1.54) is 17.4 Å². The van der Waals surface area contributed by atoms with Crippen LogP contribution < -0.4 is 19.6 Å². The highest BCUT2D eigenvalue weighted by Crippen LogP contribution is 2.36. The summed E-state index contributed by atoms with van der Waals surface area (Å²) in [7, 11) is 1.56. The lowest BCUT2D eigenvalue weighted by Crippen LogP contribution is -2.43. The van der Waals surface area contributed by atoms with Gasteiger partial charge in [-0.05, 0) is 45.0 Å². The molecule has 1 aliphatic rings. The van der Waals surface area contributed by atoms with Crippen molar-refractivity contribution >= 4 is 29.3 Å². The second-order valence-corrected chi connectivity index (χ2v) is 10.4. The summed E-state index contributed by atoms with van der Waals surface area (Å²) < 4.78 is 13.5. The van der Waals surface area contributed by atoms with Gasteiger partial charge in [-0.2, -0.15) is 0 Å². The molecule has 1 amide bonds. The van der Waals surface area contributed by atoms with E-state index in [4.69, 9.17) is 14.1 Å². The van der Waals surface area contributed by atoms with Gasteiger partial charge >= 0.3 is 5.97 Å². The minimum atomic E-state index is -1.06. The molecule has 1 N–H and O–H groups in total. The number of amides is 1. The first-order valence-electron chi connectivity index (χ1n) is 13.2. The van der Waals surface area contributed by atoms with Crippen molar-refractivity contribution in [3.8, 4) is 17.1 Å². The predicted octanol–water partition coefficient (Wildman–Crippen LogP) is 4.07. The summed E-state index contributed by atoms with van der Waals surface area (Å²) in [6, 6.07) is 16.5. The van der Waals surface area contributed by atoms with Gasteiger partial charge < -0.3 is 19.2 Å². The minimum absolute atomic E-state index is 0.116. The van der Waals surface area contributed by atoms with Gasteiger partial charge in [-0.15, -0.1) is 0 Å². The highest BCUT2D eigenvalue weighted by atomic mass is 32.1. The molecule has 0 fully saturated rings. The molecule has 4 aromatic rings. The Morgan fingerprint density at radius 1 is 1.10 bits per heavy atom. The Bertz CT molecular complexity index is 1860. The standard InChI is InChI=1S/C31H29N3O6S/c1-5-33(6-2)29(36)26-18(3)32-31-34(27(26)22-13-9-10-14-23(22)39-4)28(35)25(41-31)17-19-15-16-24(40-19)20-11-7-8-12-21(20)30(37)38/h7-17,27H,5-6H2,1-4H3,(H,37,38)/b25-17+/t27-/m1/s1. The smallest absolute Gasteiger partial charge is 0.336 e. The molecule has 0 bridgehead atoms. The summed E-state index contributed by atoms with van der Waals surface area (Å²) in [5, 5.41) is 9.56. The third-order valence-corrected chi connectivity index (χ3v) is 8.04. The van der Waals surface area contributed by atoms with Gasteiger partial charge in [0.05, 0.1) is 28.5 Å². The van der Waals surface area contributed by atoms with E-state index in [2.05, 4.69) is 0 Å². The van der Waals surface area contributed by atoms with E-state index in [-0.39, 0.29) is 17.0 Å². The van der Waals surface area contributed by atoms with Crippen LogP contribution in [-0.2, 0) is 4.79 Å². The van der Waals surface area contributed by atoms with Crippen LogP contribution in [-0.4, -0.2) is 46.6 Å². The molecule has 0 unspecified atom stereocenters. The highest BCUT2D eigenvalue weighted by molar-refractivity contribution is 7.07. The molecule has 210 valence electrons. The fourth-order valence-electron chi connectivity index (χ4n) is 5.05. The molecule has 5 rings (SSSR count). The number of thiazole rings is 1. The summed E-state index contributed by atoms with van der Waals surface area (Å²) in [5.41, 5.74) is 1.86. The Balaban J connectivity index is 1.67. The number of aromatic carboxylic acids is 1. The number of carbonyl (C=O) groups is 2. The van der Waals surface area contributed by atoms with Gasteiger partial charge in [-0.1, -0.05) is 47.7 Å². The van der Waals surface area contributed by atoms with Crippen molar-refractivity contribution in [1.82, 2.24) is 9.47 Å². The number of carboxylic acids is 1. The highest BCUT2D eigenvalue weighted by Gasteiger charge is 2.35. The van der Waals surface area contributed by atoms with Crippen LogP contribution in [0, 0.1) is 0 Å². The summed E-state index contributed by atoms with van der Waals surface area (Å²) >= 11 is 1.19. The van der Waals surface area contributed by atoms with E-state index in [0.717, 1.165) is 0 Å². The molecule has 0 saturated carbocycles. The van der Waals surface area contributed by atoms with E-state index >= 15 is 0 Å². The lowest BCUT2D eigenvalue weighted by atomic mass is 9.94. The third-order valence-electron chi connectivity index (χ3n) is 7.06. The van der Waals surface area contributed by atoms with Gasteiger partial charge in [0.2, 0.25) is 0 Å². The van der Waals surface area contributed by atoms with Gasteiger partial charge in [-0.3, -0.25) is 14.2 Å². The zero-order chi connectivity index (χ0) is 29.3. The summed E-state index contributed by atoms with van der Waals surface area (Å²) in [6.07, 6.45) is 1.61. The van der Waals surface area contributed by atoms with E-state index in [9.17, 15) is 19.5 Å². The molecule has 3 heterocycles. The first kappa shape index (κ1) is 27.9. The molecule has 41 heavy (non-hydrogen) atoms. The van der Waals surface area contributed by atoms with Gasteiger partial charge in [0.1, 0.15) is 23.3 Å². The maximum absolute atomic E-state index is 14.0. The first-order valence-corrected chi connectivity index (χ1v) is 14.0. The number of carboxylic acid groups (broad SMARTS) is 1. The molecule has 1 atom stereocenters. The number of hydrogen-bond acceptors (Lipinski definition) is 7. The van der Waals surface area contributed by atoms with Crippen molar-refractivity contribution in [2.75, 3.05) is 20.2 Å². The monoisotopic (exact) mass is 571 g/mol. The molecular weight excluding hydrogens is 542 g/mol. The molecule has 2 aromatic carbocycles. The molecule has 2 aromatic heterocycles. The van der Waals surface area contributed by atoms with Gasteiger partial charge in [0, 0.05) is 30.3 Å². The predicted molar refractivity (Wildman–Crippen MR) is 156 cm³/mol. The second kappa shape index (κ2) is 11.4. The number of methoxy groups -OCH3 is 1. The van der Waals surface area contributed by atoms with Crippen LogP contribution in [0.2, 0.25) is 0 Å². The Morgan fingerprint density at radius 2 is 1.80 bits per heavy atom. The van der Waals surface area contributed by atoms with E-state index in [1.807, 2.05) is 32.0 Å². The van der Waals surface area contributed by atoms with Crippen molar-refractivity contribution in [3.05, 3.63) is 109 Å². The fraction of sp³-hybridized carbons (Fsp3) is 0.226. The number of nitrogens with zero attached hydrogens (tertiary/aromatic N) is 3. The Kier molecular flexibility index (Phi) is 7.76. The molecule has 0 spiro atoms. The van der Waals surface area contributed by atoms with Crippen LogP contribution >= 0.6 is 11.3 Å². The van der Waals surface area contributed by atoms with Gasteiger partial charge in [-0.25, -0.2) is 9.79 Å². The Labute approximate surface area is 240 Å². The number of carbonyl (C=O) groups excluding carboxylic acids is 1. The van der Waals surface area contributed by atoms with Gasteiger partial charge in [0.15, 0.2) is 4.80 Å². The number of rotatable bonds is 8. The van der Waals surface area contributed by atoms with Crippen molar-refractivity contribution in [2.45, 2.75) is 26.8 Å². The van der Waals surface area contributed by atoms with Crippen LogP contribution in [0.15, 0.2) is 86.1 Å². The number of furan rings is 1. The molecule has 0 saturated heterocycles. The Morgan fingerprint density at radius 3 is 2.51 bits per heavy atom. The van der Waals surface area contributed by atoms with E-state index in [1.54, 1.807) is 66.0 Å². The maximum Gasteiger partial charge on any atom is 0.336 e. The lowest BCUT2D eigenvalue weighted by molar-refractivity contribution is -0.127. The normalized spacial score (nSPS) is 14.9. The minimum Gasteiger partial charge on any atom is -0.496 e. The van der Waals surface area contributed by atoms with Crippen LogP contribution in [0.1, 0.15) is 48.5 Å². The Hall–Kier alpha value is -4.70. The number of benzene rings is 2. The molecule has 1 aliphatic heterocycles. The van der Waals surface area contributed by atoms with Crippen molar-refractivity contribution in [3.63, 3.8) is 0 Å². The average Bonchev–Trinajstić information content (AvgIpc) is 3.56. The molecule has 0 radical (unpaired) electrons.